The number of Topliss-reactive ketones (excluding diaryl/α,β-unsaturated/α-hetero) is 1. The molecule has 24 heavy (non-hydrogen) atoms. The fraction of sp³-hybridized carbons (Fsp3) is 0.211. The molecule has 0 saturated carbocycles. The zero-order chi connectivity index (χ0) is 16.9. The van der Waals surface area contributed by atoms with E-state index in [-0.39, 0.29) is 24.5 Å². The van der Waals surface area contributed by atoms with Crippen LogP contribution in [0.2, 0.25) is 0 Å². The van der Waals surface area contributed by atoms with Crippen molar-refractivity contribution in [1.29, 1.82) is 0 Å². The van der Waals surface area contributed by atoms with Crippen LogP contribution in [-0.4, -0.2) is 16.7 Å². The lowest BCUT2D eigenvalue weighted by Crippen LogP contribution is -2.13. The number of hydrogen-bond donors (Lipinski definition) is 1. The lowest BCUT2D eigenvalue weighted by molar-refractivity contribution is -0.116. The Kier molecular flexibility index (Phi) is 5.01. The van der Waals surface area contributed by atoms with E-state index >= 15 is 0 Å². The average Bonchev–Trinajstić information content (AvgIpc) is 3.02. The molecule has 1 heterocycles. The van der Waals surface area contributed by atoms with Gasteiger partial charge in [-0.05, 0) is 24.1 Å². The minimum atomic E-state index is -0.187. The molecule has 122 valence electrons. The van der Waals surface area contributed by atoms with Crippen LogP contribution >= 0.6 is 11.3 Å². The van der Waals surface area contributed by atoms with E-state index in [0.29, 0.717) is 10.7 Å². The van der Waals surface area contributed by atoms with E-state index in [2.05, 4.69) is 17.2 Å². The number of rotatable bonds is 6. The Bertz CT molecular complexity index is 835. The summed E-state index contributed by atoms with van der Waals surface area (Å²) in [5, 5.41) is 3.34. The number of para-hydroxylation sites is 1. The van der Waals surface area contributed by atoms with Crippen molar-refractivity contribution in [3.05, 3.63) is 59.7 Å². The first-order chi connectivity index (χ1) is 11.7. The van der Waals surface area contributed by atoms with Crippen molar-refractivity contribution in [3.8, 4) is 0 Å². The number of amides is 1. The van der Waals surface area contributed by atoms with Crippen LogP contribution in [0, 0.1) is 0 Å². The zero-order valence-corrected chi connectivity index (χ0v) is 14.2. The Morgan fingerprint density at radius 1 is 1.04 bits per heavy atom. The topological polar surface area (TPSA) is 59.1 Å². The summed E-state index contributed by atoms with van der Waals surface area (Å²) < 4.78 is 1.03. The van der Waals surface area contributed by atoms with E-state index in [4.69, 9.17) is 0 Å². The number of hydrogen-bond acceptors (Lipinski definition) is 4. The normalized spacial score (nSPS) is 10.7. The highest BCUT2D eigenvalue weighted by molar-refractivity contribution is 7.22. The largest absolute Gasteiger partial charge is 0.302 e. The van der Waals surface area contributed by atoms with Crippen molar-refractivity contribution >= 4 is 38.4 Å². The number of nitrogens with zero attached hydrogens (tertiary/aromatic N) is 1. The van der Waals surface area contributed by atoms with Crippen molar-refractivity contribution in [2.45, 2.75) is 26.2 Å². The summed E-state index contributed by atoms with van der Waals surface area (Å²) in [4.78, 5) is 28.5. The molecular weight excluding hydrogens is 320 g/mol. The monoisotopic (exact) mass is 338 g/mol. The number of ketones is 1. The molecule has 3 rings (SSSR count). The summed E-state index contributed by atoms with van der Waals surface area (Å²) in [5.74, 6) is -0.204. The second-order valence-corrected chi connectivity index (χ2v) is 6.54. The van der Waals surface area contributed by atoms with Crippen molar-refractivity contribution in [2.75, 3.05) is 5.32 Å². The van der Waals surface area contributed by atoms with E-state index in [0.717, 1.165) is 16.6 Å². The molecule has 0 aliphatic rings. The zero-order valence-electron chi connectivity index (χ0n) is 13.4. The third-order valence-electron chi connectivity index (χ3n) is 3.80. The summed E-state index contributed by atoms with van der Waals surface area (Å²) in [5.41, 5.74) is 2.71. The first-order valence-electron chi connectivity index (χ1n) is 7.93. The lowest BCUT2D eigenvalue weighted by Gasteiger charge is -2.03. The van der Waals surface area contributed by atoms with Crippen LogP contribution in [0.1, 0.15) is 35.7 Å². The molecule has 2 aromatic carbocycles. The van der Waals surface area contributed by atoms with E-state index in [9.17, 15) is 9.59 Å². The summed E-state index contributed by atoms with van der Waals surface area (Å²) in [6.45, 7) is 2.07. The molecule has 0 spiro atoms. The number of fused-ring (bicyclic) bond motifs is 1. The summed E-state index contributed by atoms with van der Waals surface area (Å²) >= 11 is 1.43. The minimum Gasteiger partial charge on any atom is -0.302 e. The van der Waals surface area contributed by atoms with Crippen LogP contribution in [0.3, 0.4) is 0 Å². The summed E-state index contributed by atoms with van der Waals surface area (Å²) in [7, 11) is 0. The van der Waals surface area contributed by atoms with Gasteiger partial charge >= 0.3 is 0 Å². The standard InChI is InChI=1S/C19H18N2O2S/c1-2-13-7-9-14(10-8-13)16(22)11-12-18(23)21-19-20-15-5-3-4-6-17(15)24-19/h3-10H,2,11-12H2,1H3,(H,20,21,23). The maximum absolute atomic E-state index is 12.1. The molecule has 0 aliphatic heterocycles. The quantitative estimate of drug-likeness (QED) is 0.675. The molecule has 1 N–H and O–H groups in total. The molecule has 0 saturated heterocycles. The van der Waals surface area contributed by atoms with Crippen molar-refractivity contribution in [1.82, 2.24) is 4.98 Å². The Balaban J connectivity index is 1.55. The number of thiazole rings is 1. The Morgan fingerprint density at radius 3 is 2.50 bits per heavy atom. The fourth-order valence-electron chi connectivity index (χ4n) is 2.41. The average molecular weight is 338 g/mol. The van der Waals surface area contributed by atoms with Gasteiger partial charge < -0.3 is 5.32 Å². The van der Waals surface area contributed by atoms with Crippen LogP contribution in [0.25, 0.3) is 10.2 Å². The van der Waals surface area contributed by atoms with Gasteiger partial charge in [0.2, 0.25) is 5.91 Å². The highest BCUT2D eigenvalue weighted by Gasteiger charge is 2.11. The van der Waals surface area contributed by atoms with Gasteiger partial charge in [0, 0.05) is 18.4 Å². The van der Waals surface area contributed by atoms with Crippen LogP contribution < -0.4 is 5.32 Å². The predicted octanol–water partition coefficient (Wildman–Crippen LogP) is 4.46. The number of anilines is 1. The predicted molar refractivity (Wildman–Crippen MR) is 97.6 cm³/mol. The Morgan fingerprint density at radius 2 is 1.79 bits per heavy atom. The number of aryl methyl sites for hydroxylation is 1. The van der Waals surface area contributed by atoms with Gasteiger partial charge in [0.15, 0.2) is 10.9 Å². The molecular formula is C19H18N2O2S. The maximum atomic E-state index is 12.1. The van der Waals surface area contributed by atoms with Crippen LogP contribution in [0.5, 0.6) is 0 Å². The maximum Gasteiger partial charge on any atom is 0.226 e. The Labute approximate surface area is 144 Å². The van der Waals surface area contributed by atoms with E-state index in [1.54, 1.807) is 0 Å². The molecule has 5 heteroatoms. The SMILES string of the molecule is CCc1ccc(C(=O)CCC(=O)Nc2nc3ccccc3s2)cc1. The summed E-state index contributed by atoms with van der Waals surface area (Å²) in [6.07, 6.45) is 1.30. The minimum absolute atomic E-state index is 0.0166. The van der Waals surface area contributed by atoms with Crippen molar-refractivity contribution < 1.29 is 9.59 Å². The second-order valence-electron chi connectivity index (χ2n) is 5.51. The number of benzene rings is 2. The van der Waals surface area contributed by atoms with E-state index < -0.39 is 0 Å². The molecule has 0 unspecified atom stereocenters. The highest BCUT2D eigenvalue weighted by atomic mass is 32.1. The number of carbonyl (C=O) groups is 2. The van der Waals surface area contributed by atoms with Gasteiger partial charge in [0.05, 0.1) is 10.2 Å². The third-order valence-corrected chi connectivity index (χ3v) is 4.76. The van der Waals surface area contributed by atoms with Gasteiger partial charge in [-0.25, -0.2) is 4.98 Å². The van der Waals surface area contributed by atoms with Crippen molar-refractivity contribution in [3.63, 3.8) is 0 Å². The van der Waals surface area contributed by atoms with Gasteiger partial charge in [-0.1, -0.05) is 54.7 Å². The van der Waals surface area contributed by atoms with Gasteiger partial charge in [-0.3, -0.25) is 9.59 Å². The van der Waals surface area contributed by atoms with E-state index in [1.807, 2.05) is 48.5 Å². The van der Waals surface area contributed by atoms with Crippen molar-refractivity contribution in [2.24, 2.45) is 0 Å². The van der Waals surface area contributed by atoms with Crippen LogP contribution in [0.15, 0.2) is 48.5 Å². The number of nitrogens with one attached hydrogen (secondary N) is 1. The smallest absolute Gasteiger partial charge is 0.226 e. The number of aromatic nitrogens is 1. The lowest BCUT2D eigenvalue weighted by atomic mass is 10.0. The van der Waals surface area contributed by atoms with E-state index in [1.165, 1.54) is 16.9 Å². The molecule has 0 bridgehead atoms. The van der Waals surface area contributed by atoms with Gasteiger partial charge in [-0.2, -0.15) is 0 Å². The molecule has 1 aromatic heterocycles. The highest BCUT2D eigenvalue weighted by Crippen LogP contribution is 2.25. The van der Waals surface area contributed by atoms with Gasteiger partial charge in [0.25, 0.3) is 0 Å². The molecule has 1 amide bonds. The molecule has 0 atom stereocenters. The molecule has 0 radical (unpaired) electrons. The van der Waals surface area contributed by atoms with Crippen LogP contribution in [-0.2, 0) is 11.2 Å². The third kappa shape index (κ3) is 3.86. The van der Waals surface area contributed by atoms with Gasteiger partial charge in [-0.15, -0.1) is 0 Å². The fourth-order valence-corrected chi connectivity index (χ4v) is 3.29. The van der Waals surface area contributed by atoms with Gasteiger partial charge in [0.1, 0.15) is 0 Å². The summed E-state index contributed by atoms with van der Waals surface area (Å²) in [6, 6.07) is 15.3. The Hall–Kier alpha value is -2.53. The molecule has 0 aliphatic carbocycles. The first kappa shape index (κ1) is 16.3. The molecule has 4 nitrogen and oxygen atoms in total. The molecule has 0 fully saturated rings. The number of carbonyl (C=O) groups excluding carboxylic acids is 2. The second kappa shape index (κ2) is 7.36. The van der Waals surface area contributed by atoms with Crippen LogP contribution in [0.4, 0.5) is 5.13 Å². The molecule has 3 aromatic rings. The first-order valence-corrected chi connectivity index (χ1v) is 8.75.